The lowest BCUT2D eigenvalue weighted by atomic mass is 10.4. The van der Waals surface area contributed by atoms with E-state index in [1.807, 2.05) is 0 Å². The summed E-state index contributed by atoms with van der Waals surface area (Å²) in [6.07, 6.45) is 1.62. The van der Waals surface area contributed by atoms with E-state index in [9.17, 15) is 4.79 Å². The second-order valence-electron chi connectivity index (χ2n) is 3.14. The van der Waals surface area contributed by atoms with E-state index in [0.29, 0.717) is 9.98 Å². The van der Waals surface area contributed by atoms with Gasteiger partial charge in [-0.05, 0) is 0 Å². The molecule has 15 heavy (non-hydrogen) atoms. The first-order valence-electron chi connectivity index (χ1n) is 4.16. The highest BCUT2D eigenvalue weighted by Gasteiger charge is 2.15. The van der Waals surface area contributed by atoms with E-state index < -0.39 is 0 Å². The maximum Gasteiger partial charge on any atom is 0.288 e. The Bertz CT molecular complexity index is 725. The van der Waals surface area contributed by atoms with Crippen molar-refractivity contribution >= 4 is 44.2 Å². The fourth-order valence-electron chi connectivity index (χ4n) is 1.69. The van der Waals surface area contributed by atoms with E-state index in [4.69, 9.17) is 11.6 Å². The smallest absolute Gasteiger partial charge is 0.288 e. The number of H-pyrrole nitrogens is 1. The van der Waals surface area contributed by atoms with Crippen molar-refractivity contribution in [2.24, 2.45) is 7.05 Å². The van der Waals surface area contributed by atoms with Crippen LogP contribution in [0.15, 0.2) is 11.0 Å². The number of aryl methyl sites for hydroxylation is 1. The Labute approximate surface area is 92.3 Å². The topological polar surface area (TPSA) is 63.6 Å². The second-order valence-corrected chi connectivity index (χ2v) is 4.72. The summed E-state index contributed by atoms with van der Waals surface area (Å²) in [6.45, 7) is 0. The molecule has 1 N–H and O–H groups in total. The van der Waals surface area contributed by atoms with Crippen LogP contribution in [-0.2, 0) is 7.05 Å². The summed E-state index contributed by atoms with van der Waals surface area (Å²) in [6, 6.07) is 0. The van der Waals surface area contributed by atoms with Crippen molar-refractivity contribution in [2.75, 3.05) is 0 Å². The summed E-state index contributed by atoms with van der Waals surface area (Å²) in [5.74, 6) is 0. The first kappa shape index (κ1) is 8.87. The normalized spacial score (nSPS) is 11.6. The zero-order valence-electron chi connectivity index (χ0n) is 7.61. The summed E-state index contributed by atoms with van der Waals surface area (Å²) in [4.78, 5) is 15.7. The van der Waals surface area contributed by atoms with Crippen LogP contribution >= 0.6 is 22.9 Å². The van der Waals surface area contributed by atoms with E-state index >= 15 is 0 Å². The minimum Gasteiger partial charge on any atom is -0.323 e. The molecule has 76 valence electrons. The van der Waals surface area contributed by atoms with Crippen molar-refractivity contribution in [1.82, 2.24) is 19.7 Å². The average Bonchev–Trinajstić information content (AvgIpc) is 2.68. The van der Waals surface area contributed by atoms with Crippen LogP contribution in [0.2, 0.25) is 4.47 Å². The first-order chi connectivity index (χ1) is 7.18. The lowest BCUT2D eigenvalue weighted by Crippen LogP contribution is -2.10. The first-order valence-corrected chi connectivity index (χ1v) is 5.36. The highest BCUT2D eigenvalue weighted by atomic mass is 35.5. The molecule has 3 aromatic rings. The molecule has 0 aliphatic carbocycles. The largest absolute Gasteiger partial charge is 0.323 e. The minimum atomic E-state index is -0.212. The highest BCUT2D eigenvalue weighted by molar-refractivity contribution is 7.23. The number of fused-ring (bicyclic) bond motifs is 3. The van der Waals surface area contributed by atoms with E-state index in [1.165, 1.54) is 11.3 Å². The van der Waals surface area contributed by atoms with Gasteiger partial charge in [0.25, 0.3) is 5.56 Å². The summed E-state index contributed by atoms with van der Waals surface area (Å²) in [5, 5.41) is 6.96. The van der Waals surface area contributed by atoms with Gasteiger partial charge in [-0.1, -0.05) is 22.9 Å². The number of hydrogen-bond acceptors (Lipinski definition) is 4. The molecule has 0 fully saturated rings. The van der Waals surface area contributed by atoms with E-state index in [0.717, 1.165) is 15.7 Å². The van der Waals surface area contributed by atoms with Gasteiger partial charge in [0.15, 0.2) is 10.1 Å². The van der Waals surface area contributed by atoms with Crippen LogP contribution < -0.4 is 5.56 Å². The Kier molecular flexibility index (Phi) is 1.66. The van der Waals surface area contributed by atoms with Gasteiger partial charge in [0.05, 0.1) is 10.9 Å². The van der Waals surface area contributed by atoms with Gasteiger partial charge in [-0.15, -0.1) is 0 Å². The zero-order chi connectivity index (χ0) is 10.6. The van der Waals surface area contributed by atoms with E-state index in [1.54, 1.807) is 17.8 Å². The number of aromatic nitrogens is 4. The van der Waals surface area contributed by atoms with E-state index in [-0.39, 0.29) is 5.56 Å². The summed E-state index contributed by atoms with van der Waals surface area (Å²) < 4.78 is 3.10. The van der Waals surface area contributed by atoms with Crippen LogP contribution in [-0.4, -0.2) is 19.7 Å². The molecule has 7 heteroatoms. The summed E-state index contributed by atoms with van der Waals surface area (Å²) in [7, 11) is 1.79. The Balaban J connectivity index is 2.71. The standard InChI is InChI=1S/C8H5ClN4OS/c1-13-4-3(2-10-12-7(4)14)5-6(13)11-8(9)15-5/h2H,1H3,(H,12,14). The van der Waals surface area contributed by atoms with Gasteiger partial charge in [-0.25, -0.2) is 10.1 Å². The number of aromatic amines is 1. The molecule has 5 nitrogen and oxygen atoms in total. The van der Waals surface area contributed by atoms with Crippen LogP contribution in [0.5, 0.6) is 0 Å². The van der Waals surface area contributed by atoms with E-state index in [2.05, 4.69) is 15.2 Å². The zero-order valence-corrected chi connectivity index (χ0v) is 9.19. The van der Waals surface area contributed by atoms with Gasteiger partial charge in [0, 0.05) is 12.4 Å². The van der Waals surface area contributed by atoms with Crippen LogP contribution in [0.3, 0.4) is 0 Å². The number of halogens is 1. The number of nitrogens with one attached hydrogen (secondary N) is 1. The fourth-order valence-corrected chi connectivity index (χ4v) is 2.83. The Morgan fingerprint density at radius 2 is 2.40 bits per heavy atom. The quantitative estimate of drug-likeness (QED) is 0.648. The fraction of sp³-hybridized carbons (Fsp3) is 0.125. The Morgan fingerprint density at radius 1 is 1.60 bits per heavy atom. The van der Waals surface area contributed by atoms with Crippen molar-refractivity contribution in [2.45, 2.75) is 0 Å². The molecule has 0 unspecified atom stereocenters. The second kappa shape index (κ2) is 2.80. The van der Waals surface area contributed by atoms with Crippen LogP contribution in [0, 0.1) is 0 Å². The van der Waals surface area contributed by atoms with Crippen molar-refractivity contribution in [1.29, 1.82) is 0 Å². The molecule has 0 saturated carbocycles. The molecular weight excluding hydrogens is 236 g/mol. The maximum atomic E-state index is 11.6. The predicted molar refractivity (Wildman–Crippen MR) is 59.5 cm³/mol. The molecule has 3 heterocycles. The molecule has 0 aliphatic rings. The monoisotopic (exact) mass is 240 g/mol. The SMILES string of the molecule is Cn1c2nc(Cl)sc2c2cn[nH]c(=O)c21. The maximum absolute atomic E-state index is 11.6. The lowest BCUT2D eigenvalue weighted by molar-refractivity contribution is 0.949. The van der Waals surface area contributed by atoms with Gasteiger partial charge >= 0.3 is 0 Å². The molecule has 0 atom stereocenters. The average molecular weight is 241 g/mol. The molecule has 3 rings (SSSR count). The Morgan fingerprint density at radius 3 is 3.20 bits per heavy atom. The third kappa shape index (κ3) is 1.06. The molecule has 0 radical (unpaired) electrons. The van der Waals surface area contributed by atoms with Crippen molar-refractivity contribution in [3.63, 3.8) is 0 Å². The number of nitrogens with zero attached hydrogens (tertiary/aromatic N) is 3. The third-order valence-electron chi connectivity index (χ3n) is 2.31. The highest BCUT2D eigenvalue weighted by Crippen LogP contribution is 2.32. The van der Waals surface area contributed by atoms with Crippen LogP contribution in [0.25, 0.3) is 21.3 Å². The molecule has 0 bridgehead atoms. The predicted octanol–water partition coefficient (Wildman–Crippen LogP) is 1.52. The number of hydrogen-bond donors (Lipinski definition) is 1. The van der Waals surface area contributed by atoms with Gasteiger partial charge in [0.2, 0.25) is 0 Å². The lowest BCUT2D eigenvalue weighted by Gasteiger charge is -1.93. The van der Waals surface area contributed by atoms with Crippen molar-refractivity contribution in [3.05, 3.63) is 21.0 Å². The van der Waals surface area contributed by atoms with Crippen molar-refractivity contribution < 1.29 is 0 Å². The molecule has 0 aliphatic heterocycles. The van der Waals surface area contributed by atoms with Gasteiger partial charge in [0.1, 0.15) is 5.52 Å². The number of rotatable bonds is 0. The van der Waals surface area contributed by atoms with Gasteiger partial charge in [-0.3, -0.25) is 4.79 Å². The van der Waals surface area contributed by atoms with Gasteiger partial charge < -0.3 is 4.57 Å². The summed E-state index contributed by atoms with van der Waals surface area (Å²) >= 11 is 7.18. The summed E-state index contributed by atoms with van der Waals surface area (Å²) in [5.41, 5.74) is 1.09. The van der Waals surface area contributed by atoms with Crippen LogP contribution in [0.1, 0.15) is 0 Å². The molecular formula is C8H5ClN4OS. The van der Waals surface area contributed by atoms with Gasteiger partial charge in [-0.2, -0.15) is 5.10 Å². The molecule has 0 saturated heterocycles. The minimum absolute atomic E-state index is 0.212. The van der Waals surface area contributed by atoms with Crippen molar-refractivity contribution in [3.8, 4) is 0 Å². The van der Waals surface area contributed by atoms with Crippen LogP contribution in [0.4, 0.5) is 0 Å². The molecule has 0 spiro atoms. The molecule has 3 aromatic heterocycles. The molecule has 0 aromatic carbocycles. The third-order valence-corrected chi connectivity index (χ3v) is 3.49. The number of thiazole rings is 1. The molecule has 0 amide bonds. The Hall–Kier alpha value is -1.40.